The van der Waals surface area contributed by atoms with E-state index in [9.17, 15) is 14.7 Å². The summed E-state index contributed by atoms with van der Waals surface area (Å²) in [6.07, 6.45) is 0. The van der Waals surface area contributed by atoms with Crippen LogP contribution in [-0.2, 0) is 9.59 Å². The minimum Gasteiger partial charge on any atom is -0.507 e. The van der Waals surface area contributed by atoms with Crippen LogP contribution in [0, 0.1) is 0 Å². The smallest absolute Gasteiger partial charge is 0.300 e. The Bertz CT molecular complexity index is 1240. The van der Waals surface area contributed by atoms with Gasteiger partial charge in [-0.3, -0.25) is 14.5 Å². The molecule has 0 spiro atoms. The van der Waals surface area contributed by atoms with Crippen molar-refractivity contribution in [3.63, 3.8) is 0 Å². The molecule has 1 fully saturated rings. The first-order chi connectivity index (χ1) is 16.2. The van der Waals surface area contributed by atoms with Gasteiger partial charge in [0.25, 0.3) is 11.7 Å². The Morgan fingerprint density at radius 1 is 0.794 bits per heavy atom. The molecule has 1 amide bonds. The molecule has 1 N–H and O–H groups in total. The fraction of sp³-hybridized carbons (Fsp3) is 0.241. The van der Waals surface area contributed by atoms with E-state index in [0.29, 0.717) is 28.1 Å². The average molecular weight is 474 g/mol. The molecule has 34 heavy (non-hydrogen) atoms. The van der Waals surface area contributed by atoms with Crippen molar-refractivity contribution in [2.24, 2.45) is 0 Å². The monoisotopic (exact) mass is 473 g/mol. The number of carbonyl (C=O) groups is 2. The summed E-state index contributed by atoms with van der Waals surface area (Å²) in [5.74, 6) is -0.898. The van der Waals surface area contributed by atoms with Gasteiger partial charge in [-0.1, -0.05) is 75.7 Å². The molecule has 0 bridgehead atoms. The number of benzene rings is 3. The maximum Gasteiger partial charge on any atom is 0.300 e. The predicted octanol–water partition coefficient (Wildman–Crippen LogP) is 7.21. The highest BCUT2D eigenvalue weighted by Crippen LogP contribution is 2.42. The Hall–Kier alpha value is -3.37. The van der Waals surface area contributed by atoms with E-state index in [1.165, 1.54) is 4.90 Å². The molecule has 3 aromatic carbocycles. The molecule has 1 aliphatic heterocycles. The third-order valence-corrected chi connectivity index (χ3v) is 6.57. The zero-order valence-electron chi connectivity index (χ0n) is 19.7. The van der Waals surface area contributed by atoms with Gasteiger partial charge >= 0.3 is 0 Å². The number of nitrogens with zero attached hydrogens (tertiary/aromatic N) is 1. The molecule has 0 radical (unpaired) electrons. The van der Waals surface area contributed by atoms with E-state index in [1.54, 1.807) is 24.3 Å². The molecular formula is C29H28ClNO3. The van der Waals surface area contributed by atoms with Crippen molar-refractivity contribution in [2.75, 3.05) is 4.90 Å². The average Bonchev–Trinajstić information content (AvgIpc) is 3.09. The van der Waals surface area contributed by atoms with Crippen molar-refractivity contribution in [2.45, 2.75) is 45.6 Å². The zero-order chi connectivity index (χ0) is 24.6. The molecule has 5 heteroatoms. The van der Waals surface area contributed by atoms with Crippen LogP contribution in [0.15, 0.2) is 78.4 Å². The van der Waals surface area contributed by atoms with Crippen molar-refractivity contribution in [3.05, 3.63) is 106 Å². The SMILES string of the molecule is CC(C)c1ccc(C2/C(=C(/O)c3ccc(Cl)cc3)C(=O)C(=O)N2c2ccc(C(C)C)cc2)cc1. The molecule has 1 aliphatic rings. The van der Waals surface area contributed by atoms with Crippen LogP contribution in [0.5, 0.6) is 0 Å². The van der Waals surface area contributed by atoms with Crippen molar-refractivity contribution in [1.29, 1.82) is 0 Å². The number of amides is 1. The summed E-state index contributed by atoms with van der Waals surface area (Å²) in [5.41, 5.74) is 4.16. The lowest BCUT2D eigenvalue weighted by Gasteiger charge is -2.26. The molecular weight excluding hydrogens is 446 g/mol. The van der Waals surface area contributed by atoms with E-state index >= 15 is 0 Å². The number of Topliss-reactive ketones (excluding diaryl/α,β-unsaturated/α-hetero) is 1. The van der Waals surface area contributed by atoms with Crippen LogP contribution in [-0.4, -0.2) is 16.8 Å². The molecule has 0 aliphatic carbocycles. The number of hydrogen-bond donors (Lipinski definition) is 1. The van der Waals surface area contributed by atoms with Gasteiger partial charge < -0.3 is 5.11 Å². The van der Waals surface area contributed by atoms with Gasteiger partial charge in [0.15, 0.2) is 0 Å². The van der Waals surface area contributed by atoms with Crippen LogP contribution in [0.2, 0.25) is 5.02 Å². The van der Waals surface area contributed by atoms with Crippen LogP contribution < -0.4 is 4.90 Å². The number of ketones is 1. The summed E-state index contributed by atoms with van der Waals surface area (Å²) in [5, 5.41) is 11.7. The number of aliphatic hydroxyl groups is 1. The molecule has 4 nitrogen and oxygen atoms in total. The molecule has 0 saturated carbocycles. The number of anilines is 1. The Labute approximate surface area is 205 Å². The van der Waals surface area contributed by atoms with Gasteiger partial charge in [-0.05, 0) is 64.9 Å². The van der Waals surface area contributed by atoms with Crippen LogP contribution >= 0.6 is 11.6 Å². The number of aliphatic hydroxyl groups excluding tert-OH is 1. The Morgan fingerprint density at radius 2 is 1.29 bits per heavy atom. The largest absolute Gasteiger partial charge is 0.507 e. The fourth-order valence-corrected chi connectivity index (χ4v) is 4.39. The first-order valence-corrected chi connectivity index (χ1v) is 11.8. The number of hydrogen-bond acceptors (Lipinski definition) is 3. The second-order valence-corrected chi connectivity index (χ2v) is 9.68. The molecule has 1 saturated heterocycles. The lowest BCUT2D eigenvalue weighted by atomic mass is 9.93. The highest BCUT2D eigenvalue weighted by atomic mass is 35.5. The van der Waals surface area contributed by atoms with Crippen molar-refractivity contribution >= 4 is 34.7 Å². The van der Waals surface area contributed by atoms with E-state index in [4.69, 9.17) is 11.6 Å². The second kappa shape index (κ2) is 9.47. The standard InChI is InChI=1S/C29H28ClNO3/c1-17(2)19-5-7-21(8-6-19)26-25(27(32)22-9-13-23(30)14-10-22)28(33)29(34)31(26)24-15-11-20(12-16-24)18(3)4/h5-18,26,32H,1-4H3/b27-25-. The first kappa shape index (κ1) is 23.8. The Balaban J connectivity index is 1.89. The Kier molecular flexibility index (Phi) is 6.63. The summed E-state index contributed by atoms with van der Waals surface area (Å²) in [6.45, 7) is 8.42. The van der Waals surface area contributed by atoms with Crippen molar-refractivity contribution in [3.8, 4) is 0 Å². The van der Waals surface area contributed by atoms with Crippen LogP contribution in [0.25, 0.3) is 5.76 Å². The fourth-order valence-electron chi connectivity index (χ4n) is 4.26. The van der Waals surface area contributed by atoms with Gasteiger partial charge in [-0.15, -0.1) is 0 Å². The lowest BCUT2D eigenvalue weighted by molar-refractivity contribution is -0.132. The van der Waals surface area contributed by atoms with Gasteiger partial charge in [-0.2, -0.15) is 0 Å². The highest BCUT2D eigenvalue weighted by molar-refractivity contribution is 6.51. The summed E-state index contributed by atoms with van der Waals surface area (Å²) < 4.78 is 0. The van der Waals surface area contributed by atoms with E-state index in [0.717, 1.165) is 16.7 Å². The summed E-state index contributed by atoms with van der Waals surface area (Å²) in [7, 11) is 0. The molecule has 174 valence electrons. The molecule has 4 rings (SSSR count). The van der Waals surface area contributed by atoms with Gasteiger partial charge in [0.1, 0.15) is 5.76 Å². The molecule has 1 unspecified atom stereocenters. The van der Waals surface area contributed by atoms with Crippen molar-refractivity contribution < 1.29 is 14.7 Å². The first-order valence-electron chi connectivity index (χ1n) is 11.5. The quantitative estimate of drug-likeness (QED) is 0.242. The maximum atomic E-state index is 13.3. The van der Waals surface area contributed by atoms with Crippen molar-refractivity contribution in [1.82, 2.24) is 0 Å². The summed E-state index contributed by atoms with van der Waals surface area (Å²) in [4.78, 5) is 28.0. The minimum absolute atomic E-state index is 0.0672. The van der Waals surface area contributed by atoms with Gasteiger partial charge in [0.2, 0.25) is 0 Å². The minimum atomic E-state index is -0.748. The second-order valence-electron chi connectivity index (χ2n) is 9.24. The van der Waals surface area contributed by atoms with Crippen LogP contribution in [0.3, 0.4) is 0 Å². The van der Waals surface area contributed by atoms with E-state index in [2.05, 4.69) is 27.7 Å². The summed E-state index contributed by atoms with van der Waals surface area (Å²) in [6, 6.07) is 21.3. The molecule has 1 atom stereocenters. The van der Waals surface area contributed by atoms with E-state index in [1.807, 2.05) is 48.5 Å². The van der Waals surface area contributed by atoms with Crippen LogP contribution in [0.1, 0.15) is 67.8 Å². The summed E-state index contributed by atoms with van der Waals surface area (Å²) >= 11 is 6.00. The molecule has 1 heterocycles. The third kappa shape index (κ3) is 4.38. The van der Waals surface area contributed by atoms with E-state index < -0.39 is 17.7 Å². The maximum absolute atomic E-state index is 13.3. The molecule has 0 aromatic heterocycles. The normalized spacial score (nSPS) is 17.7. The van der Waals surface area contributed by atoms with Gasteiger partial charge in [0, 0.05) is 16.3 Å². The topological polar surface area (TPSA) is 57.6 Å². The lowest BCUT2D eigenvalue weighted by Crippen LogP contribution is -2.29. The van der Waals surface area contributed by atoms with Gasteiger partial charge in [0.05, 0.1) is 11.6 Å². The highest BCUT2D eigenvalue weighted by Gasteiger charge is 2.47. The number of halogens is 1. The third-order valence-electron chi connectivity index (χ3n) is 6.32. The van der Waals surface area contributed by atoms with E-state index in [-0.39, 0.29) is 11.3 Å². The zero-order valence-corrected chi connectivity index (χ0v) is 20.5. The number of rotatable bonds is 5. The predicted molar refractivity (Wildman–Crippen MR) is 137 cm³/mol. The number of carbonyl (C=O) groups excluding carboxylic acids is 2. The Morgan fingerprint density at radius 3 is 1.79 bits per heavy atom. The molecule has 3 aromatic rings. The van der Waals surface area contributed by atoms with Crippen LogP contribution in [0.4, 0.5) is 5.69 Å². The van der Waals surface area contributed by atoms with Gasteiger partial charge in [-0.25, -0.2) is 0 Å².